The van der Waals surface area contributed by atoms with E-state index in [-0.39, 0.29) is 18.0 Å². The number of amides is 2. The first-order valence-electron chi connectivity index (χ1n) is 11.4. The molecule has 0 radical (unpaired) electrons. The van der Waals surface area contributed by atoms with Crippen molar-refractivity contribution in [1.29, 1.82) is 0 Å². The predicted octanol–water partition coefficient (Wildman–Crippen LogP) is 4.26. The number of nitrogens with zero attached hydrogens (tertiary/aromatic N) is 3. The molecule has 1 aromatic heterocycles. The van der Waals surface area contributed by atoms with E-state index in [1.165, 1.54) is 0 Å². The van der Waals surface area contributed by atoms with Crippen LogP contribution in [0.4, 0.5) is 4.79 Å². The summed E-state index contributed by atoms with van der Waals surface area (Å²) in [4.78, 5) is 26.9. The van der Waals surface area contributed by atoms with Gasteiger partial charge in [-0.25, -0.2) is 4.79 Å². The molecular weight excluding hydrogens is 416 g/mol. The van der Waals surface area contributed by atoms with Crippen LogP contribution < -0.4 is 5.32 Å². The van der Waals surface area contributed by atoms with Crippen molar-refractivity contribution in [3.8, 4) is 11.3 Å². The molecule has 0 atom stereocenters. The summed E-state index contributed by atoms with van der Waals surface area (Å²) in [7, 11) is 0. The summed E-state index contributed by atoms with van der Waals surface area (Å²) in [6.07, 6.45) is 2.93. The second-order valence-corrected chi connectivity index (χ2v) is 8.37. The van der Waals surface area contributed by atoms with Gasteiger partial charge in [0.25, 0.3) is 5.91 Å². The third-order valence-corrected chi connectivity index (χ3v) is 5.87. The Hall–Kier alpha value is -3.61. The molecule has 2 amide bonds. The summed E-state index contributed by atoms with van der Waals surface area (Å²) in [5, 5.41) is 7.92. The number of rotatable bonds is 6. The predicted molar refractivity (Wildman–Crippen MR) is 127 cm³/mol. The quantitative estimate of drug-likeness (QED) is 0.614. The molecule has 33 heavy (non-hydrogen) atoms. The summed E-state index contributed by atoms with van der Waals surface area (Å²) >= 11 is 0. The van der Waals surface area contributed by atoms with Crippen LogP contribution in [0.1, 0.15) is 41.3 Å². The van der Waals surface area contributed by atoms with Gasteiger partial charge < -0.3 is 15.0 Å². The molecular formula is C26H30N4O3. The second-order valence-electron chi connectivity index (χ2n) is 8.37. The Morgan fingerprint density at radius 3 is 2.42 bits per heavy atom. The number of likely N-dealkylation sites (tertiary alicyclic amines) is 1. The average Bonchev–Trinajstić information content (AvgIpc) is 3.25. The largest absolute Gasteiger partial charge is 0.450 e. The van der Waals surface area contributed by atoms with Crippen molar-refractivity contribution in [2.45, 2.75) is 39.3 Å². The van der Waals surface area contributed by atoms with Crippen LogP contribution in [0, 0.1) is 6.92 Å². The number of hydrogen-bond acceptors (Lipinski definition) is 4. The highest BCUT2D eigenvalue weighted by Crippen LogP contribution is 2.24. The Morgan fingerprint density at radius 1 is 1.06 bits per heavy atom. The minimum absolute atomic E-state index is 0.00603. The summed E-state index contributed by atoms with van der Waals surface area (Å²) < 4.78 is 6.90. The monoisotopic (exact) mass is 446 g/mol. The van der Waals surface area contributed by atoms with Gasteiger partial charge in [0.05, 0.1) is 18.7 Å². The number of ether oxygens (including phenoxy) is 1. The van der Waals surface area contributed by atoms with Crippen LogP contribution in [-0.4, -0.2) is 52.4 Å². The van der Waals surface area contributed by atoms with E-state index in [1.54, 1.807) is 11.8 Å². The zero-order chi connectivity index (χ0) is 23.2. The van der Waals surface area contributed by atoms with Crippen molar-refractivity contribution in [3.63, 3.8) is 0 Å². The summed E-state index contributed by atoms with van der Waals surface area (Å²) in [5.41, 5.74) is 4.42. The number of aromatic nitrogens is 2. The Labute approximate surface area is 194 Å². The van der Waals surface area contributed by atoms with Crippen molar-refractivity contribution in [2.24, 2.45) is 0 Å². The first-order valence-corrected chi connectivity index (χ1v) is 11.4. The van der Waals surface area contributed by atoms with E-state index in [0.717, 1.165) is 16.7 Å². The van der Waals surface area contributed by atoms with E-state index in [0.29, 0.717) is 50.3 Å². The van der Waals surface area contributed by atoms with Gasteiger partial charge in [0, 0.05) is 30.9 Å². The van der Waals surface area contributed by atoms with Crippen molar-refractivity contribution in [1.82, 2.24) is 20.0 Å². The number of benzene rings is 2. The fraction of sp³-hybridized carbons (Fsp3) is 0.346. The SMILES string of the molecule is CCOC(=O)N1CCC(NC(=O)c2cn(Cc3ccccc3)nc2-c2ccc(C)cc2)CC1. The molecule has 1 aliphatic heterocycles. The van der Waals surface area contributed by atoms with Gasteiger partial charge in [-0.15, -0.1) is 0 Å². The normalized spacial score (nSPS) is 14.2. The molecule has 2 aromatic carbocycles. The molecule has 2 heterocycles. The van der Waals surface area contributed by atoms with Crippen LogP contribution in [0.5, 0.6) is 0 Å². The highest BCUT2D eigenvalue weighted by Gasteiger charge is 2.26. The Kier molecular flexibility index (Phi) is 7.07. The molecule has 7 heteroatoms. The molecule has 0 unspecified atom stereocenters. The van der Waals surface area contributed by atoms with Gasteiger partial charge >= 0.3 is 6.09 Å². The molecule has 1 N–H and O–H groups in total. The fourth-order valence-corrected chi connectivity index (χ4v) is 4.05. The van der Waals surface area contributed by atoms with E-state index in [2.05, 4.69) is 5.32 Å². The van der Waals surface area contributed by atoms with Gasteiger partial charge in [0.1, 0.15) is 5.69 Å². The molecule has 0 bridgehead atoms. The Balaban J connectivity index is 1.51. The lowest BCUT2D eigenvalue weighted by Gasteiger charge is -2.31. The molecule has 7 nitrogen and oxygen atoms in total. The van der Waals surface area contributed by atoms with Crippen LogP contribution in [0.3, 0.4) is 0 Å². The van der Waals surface area contributed by atoms with E-state index in [1.807, 2.05) is 72.4 Å². The molecule has 1 saturated heterocycles. The molecule has 1 fully saturated rings. The average molecular weight is 447 g/mol. The van der Waals surface area contributed by atoms with E-state index >= 15 is 0 Å². The lowest BCUT2D eigenvalue weighted by atomic mass is 10.0. The van der Waals surface area contributed by atoms with E-state index in [4.69, 9.17) is 9.84 Å². The topological polar surface area (TPSA) is 76.5 Å². The molecule has 172 valence electrons. The van der Waals surface area contributed by atoms with Gasteiger partial charge in [0.15, 0.2) is 0 Å². The van der Waals surface area contributed by atoms with Gasteiger partial charge in [0.2, 0.25) is 0 Å². The molecule has 1 aliphatic rings. The third kappa shape index (κ3) is 5.61. The Bertz CT molecular complexity index is 1080. The minimum atomic E-state index is -0.286. The maximum absolute atomic E-state index is 13.3. The summed E-state index contributed by atoms with van der Waals surface area (Å²) in [5.74, 6) is -0.139. The lowest BCUT2D eigenvalue weighted by Crippen LogP contribution is -2.46. The molecule has 3 aromatic rings. The fourth-order valence-electron chi connectivity index (χ4n) is 4.05. The standard InChI is InChI=1S/C26H30N4O3/c1-3-33-26(32)29-15-13-22(14-16-29)27-25(31)23-18-30(17-20-7-5-4-6-8-20)28-24(23)21-11-9-19(2)10-12-21/h4-12,18,22H,3,13-17H2,1-2H3,(H,27,31). The highest BCUT2D eigenvalue weighted by molar-refractivity contribution is 6.00. The van der Waals surface area contributed by atoms with Crippen molar-refractivity contribution in [2.75, 3.05) is 19.7 Å². The van der Waals surface area contributed by atoms with Crippen molar-refractivity contribution in [3.05, 3.63) is 77.5 Å². The van der Waals surface area contributed by atoms with Gasteiger partial charge in [-0.3, -0.25) is 9.48 Å². The third-order valence-electron chi connectivity index (χ3n) is 5.87. The lowest BCUT2D eigenvalue weighted by molar-refractivity contribution is 0.0860. The van der Waals surface area contributed by atoms with Crippen molar-refractivity contribution < 1.29 is 14.3 Å². The zero-order valence-electron chi connectivity index (χ0n) is 19.2. The highest BCUT2D eigenvalue weighted by atomic mass is 16.6. The first kappa shape index (κ1) is 22.6. The number of aryl methyl sites for hydroxylation is 1. The smallest absolute Gasteiger partial charge is 0.409 e. The summed E-state index contributed by atoms with van der Waals surface area (Å²) in [6.45, 7) is 5.93. The first-order chi connectivity index (χ1) is 16.0. The number of carbonyl (C=O) groups is 2. The Morgan fingerprint density at radius 2 is 1.76 bits per heavy atom. The number of carbonyl (C=O) groups excluding carboxylic acids is 2. The summed E-state index contributed by atoms with van der Waals surface area (Å²) in [6, 6.07) is 18.1. The van der Waals surface area contributed by atoms with Crippen LogP contribution in [0.15, 0.2) is 60.8 Å². The van der Waals surface area contributed by atoms with Gasteiger partial charge in [-0.2, -0.15) is 5.10 Å². The van der Waals surface area contributed by atoms with Gasteiger partial charge in [-0.05, 0) is 32.3 Å². The number of hydrogen-bond donors (Lipinski definition) is 1. The van der Waals surface area contributed by atoms with E-state index in [9.17, 15) is 9.59 Å². The van der Waals surface area contributed by atoms with Crippen molar-refractivity contribution >= 4 is 12.0 Å². The minimum Gasteiger partial charge on any atom is -0.450 e. The van der Waals surface area contributed by atoms with Gasteiger partial charge in [-0.1, -0.05) is 60.2 Å². The molecule has 4 rings (SSSR count). The maximum atomic E-state index is 13.3. The van der Waals surface area contributed by atoms with Crippen LogP contribution in [-0.2, 0) is 11.3 Å². The number of nitrogens with one attached hydrogen (secondary N) is 1. The molecule has 0 spiro atoms. The molecule has 0 saturated carbocycles. The zero-order valence-corrected chi connectivity index (χ0v) is 19.2. The van der Waals surface area contributed by atoms with Crippen LogP contribution in [0.2, 0.25) is 0 Å². The number of piperidine rings is 1. The maximum Gasteiger partial charge on any atom is 0.409 e. The van der Waals surface area contributed by atoms with Crippen LogP contribution in [0.25, 0.3) is 11.3 Å². The molecule has 0 aliphatic carbocycles. The van der Waals surface area contributed by atoms with Crippen LogP contribution >= 0.6 is 0 Å². The van der Waals surface area contributed by atoms with E-state index < -0.39 is 0 Å². The second kappa shape index (κ2) is 10.3.